The number of rotatable bonds is 4. The molecule has 1 aliphatic heterocycles. The van der Waals surface area contributed by atoms with Gasteiger partial charge in [-0.15, -0.1) is 0 Å². The fourth-order valence-electron chi connectivity index (χ4n) is 4.58. The molecule has 34 heavy (non-hydrogen) atoms. The van der Waals surface area contributed by atoms with E-state index in [1.165, 1.54) is 0 Å². The van der Waals surface area contributed by atoms with E-state index >= 15 is 0 Å². The zero-order valence-electron chi connectivity index (χ0n) is 20.2. The highest BCUT2D eigenvalue weighted by atomic mass is 16.6. The predicted molar refractivity (Wildman–Crippen MR) is 136 cm³/mol. The van der Waals surface area contributed by atoms with Gasteiger partial charge in [0.25, 0.3) is 5.56 Å². The molecule has 1 aliphatic rings. The quantitative estimate of drug-likeness (QED) is 0.393. The van der Waals surface area contributed by atoms with Crippen molar-refractivity contribution in [3.05, 3.63) is 94.3 Å². The number of nitrogens with zero attached hydrogens (tertiary/aromatic N) is 2. The third-order valence-electron chi connectivity index (χ3n) is 6.44. The first kappa shape index (κ1) is 23.4. The molecule has 1 fully saturated rings. The van der Waals surface area contributed by atoms with Crippen molar-refractivity contribution in [2.24, 2.45) is 7.05 Å². The van der Waals surface area contributed by atoms with Crippen molar-refractivity contribution in [3.8, 4) is 11.8 Å². The predicted octanol–water partition coefficient (Wildman–Crippen LogP) is 5.37. The molecule has 1 saturated heterocycles. The minimum atomic E-state index is -0.721. The minimum absolute atomic E-state index is 0.0469. The number of carbonyl (C=O) groups excluding carboxylic acids is 1. The standard InChI is InChI=1S/C29H30N2O3/c1-21(2)20-29(24-9-7-6-8-10-24)17-18-31(27(33)34-29)28(3,4)16-15-22-11-13-25-23(19-22)12-14-26(32)30(25)5/h6-14,19H,1,17-18,20H2,2-5H3. The number of hydrogen-bond donors (Lipinski definition) is 0. The summed E-state index contributed by atoms with van der Waals surface area (Å²) in [5.74, 6) is 6.48. The number of ether oxygens (including phenoxy) is 1. The highest BCUT2D eigenvalue weighted by Gasteiger charge is 2.45. The normalized spacial score (nSPS) is 18.2. The molecule has 0 radical (unpaired) electrons. The van der Waals surface area contributed by atoms with Gasteiger partial charge in [-0.05, 0) is 56.0 Å². The van der Waals surface area contributed by atoms with Crippen molar-refractivity contribution in [1.29, 1.82) is 0 Å². The van der Waals surface area contributed by atoms with Crippen molar-refractivity contribution >= 4 is 17.0 Å². The third-order valence-corrected chi connectivity index (χ3v) is 6.44. The summed E-state index contributed by atoms with van der Waals surface area (Å²) < 4.78 is 7.75. The van der Waals surface area contributed by atoms with E-state index in [-0.39, 0.29) is 11.7 Å². The highest BCUT2D eigenvalue weighted by Crippen LogP contribution is 2.40. The number of benzene rings is 2. The Labute approximate surface area is 200 Å². The summed E-state index contributed by atoms with van der Waals surface area (Å²) in [6.07, 6.45) is 0.872. The maximum Gasteiger partial charge on any atom is 0.411 e. The maximum atomic E-state index is 13.2. The maximum absolute atomic E-state index is 13.2. The molecule has 1 unspecified atom stereocenters. The van der Waals surface area contributed by atoms with Crippen molar-refractivity contribution in [1.82, 2.24) is 9.47 Å². The van der Waals surface area contributed by atoms with Crippen LogP contribution in [0.2, 0.25) is 0 Å². The van der Waals surface area contributed by atoms with Crippen LogP contribution in [-0.2, 0) is 17.4 Å². The molecule has 2 aromatic carbocycles. The lowest BCUT2D eigenvalue weighted by Gasteiger charge is -2.45. The summed E-state index contributed by atoms with van der Waals surface area (Å²) in [5, 5.41) is 0.941. The second kappa shape index (κ2) is 8.87. The molecule has 5 nitrogen and oxygen atoms in total. The van der Waals surface area contributed by atoms with E-state index in [2.05, 4.69) is 18.4 Å². The zero-order valence-corrected chi connectivity index (χ0v) is 20.2. The number of carbonyl (C=O) groups is 1. The van der Waals surface area contributed by atoms with Crippen LogP contribution in [0.5, 0.6) is 0 Å². The van der Waals surface area contributed by atoms with Gasteiger partial charge in [0.05, 0.1) is 5.52 Å². The number of cyclic esters (lactones) is 1. The molecule has 174 valence electrons. The molecule has 4 rings (SSSR count). The summed E-state index contributed by atoms with van der Waals surface area (Å²) in [6.45, 7) is 10.4. The van der Waals surface area contributed by atoms with Gasteiger partial charge in [-0.3, -0.25) is 9.69 Å². The van der Waals surface area contributed by atoms with Gasteiger partial charge in [0.15, 0.2) is 0 Å². The first-order valence-electron chi connectivity index (χ1n) is 11.4. The van der Waals surface area contributed by atoms with Gasteiger partial charge >= 0.3 is 6.09 Å². The van der Waals surface area contributed by atoms with Gasteiger partial charge in [-0.1, -0.05) is 54.3 Å². The van der Waals surface area contributed by atoms with E-state index < -0.39 is 11.1 Å². The van der Waals surface area contributed by atoms with Crippen LogP contribution in [-0.4, -0.2) is 27.6 Å². The van der Waals surface area contributed by atoms with E-state index in [4.69, 9.17) is 4.74 Å². The molecule has 2 heterocycles. The number of fused-ring (bicyclic) bond motifs is 1. The molecule has 0 N–H and O–H groups in total. The Bertz CT molecular complexity index is 1380. The van der Waals surface area contributed by atoms with E-state index in [0.29, 0.717) is 19.4 Å². The van der Waals surface area contributed by atoms with Crippen LogP contribution >= 0.6 is 0 Å². The van der Waals surface area contributed by atoms with Crippen molar-refractivity contribution < 1.29 is 9.53 Å². The molecular formula is C29H30N2O3. The van der Waals surface area contributed by atoms with Crippen molar-refractivity contribution in [3.63, 3.8) is 0 Å². The Morgan fingerprint density at radius 1 is 1.12 bits per heavy atom. The Hall–Kier alpha value is -3.78. The molecule has 3 aromatic rings. The van der Waals surface area contributed by atoms with E-state index in [9.17, 15) is 9.59 Å². The van der Waals surface area contributed by atoms with Crippen LogP contribution in [0.25, 0.3) is 10.9 Å². The van der Waals surface area contributed by atoms with Gasteiger partial charge in [0.1, 0.15) is 11.1 Å². The number of aromatic nitrogens is 1. The Balaban J connectivity index is 1.59. The number of hydrogen-bond acceptors (Lipinski definition) is 3. The van der Waals surface area contributed by atoms with Crippen molar-refractivity contribution in [2.45, 2.75) is 44.8 Å². The van der Waals surface area contributed by atoms with Crippen LogP contribution in [0.4, 0.5) is 4.79 Å². The van der Waals surface area contributed by atoms with E-state index in [1.54, 1.807) is 28.6 Å². The fourth-order valence-corrected chi connectivity index (χ4v) is 4.58. The molecule has 0 saturated carbocycles. The first-order chi connectivity index (χ1) is 16.1. The van der Waals surface area contributed by atoms with E-state index in [0.717, 1.165) is 27.6 Å². The van der Waals surface area contributed by atoms with Gasteiger partial charge in [-0.2, -0.15) is 0 Å². The molecule has 0 spiro atoms. The zero-order chi connectivity index (χ0) is 24.5. The molecule has 1 atom stereocenters. The molecule has 0 aliphatic carbocycles. The van der Waals surface area contributed by atoms with Crippen molar-refractivity contribution in [2.75, 3.05) is 6.54 Å². The number of amides is 1. The monoisotopic (exact) mass is 454 g/mol. The number of pyridine rings is 1. The van der Waals surface area contributed by atoms with Crippen LogP contribution in [0.3, 0.4) is 0 Å². The van der Waals surface area contributed by atoms with Crippen LogP contribution in [0.15, 0.2) is 77.6 Å². The van der Waals surface area contributed by atoms with E-state index in [1.807, 2.05) is 69.3 Å². The Morgan fingerprint density at radius 2 is 1.85 bits per heavy atom. The largest absolute Gasteiger partial charge is 0.437 e. The molecule has 5 heteroatoms. The average molecular weight is 455 g/mol. The Morgan fingerprint density at radius 3 is 2.53 bits per heavy atom. The molecular weight excluding hydrogens is 424 g/mol. The van der Waals surface area contributed by atoms with Gasteiger partial charge in [0, 0.05) is 38.1 Å². The number of aryl methyl sites for hydroxylation is 1. The molecule has 0 bridgehead atoms. The average Bonchev–Trinajstić information content (AvgIpc) is 2.80. The molecule has 1 aromatic heterocycles. The summed E-state index contributed by atoms with van der Waals surface area (Å²) in [4.78, 5) is 26.8. The second-order valence-corrected chi connectivity index (χ2v) is 9.58. The Kier molecular flexibility index (Phi) is 6.10. The van der Waals surface area contributed by atoms with Crippen LogP contribution in [0, 0.1) is 11.8 Å². The SMILES string of the molecule is C=C(C)CC1(c2ccccc2)CCN(C(C)(C)C#Cc2ccc3c(ccc(=O)n3C)c2)C(=O)O1. The highest BCUT2D eigenvalue weighted by molar-refractivity contribution is 5.80. The molecule has 1 amide bonds. The van der Waals surface area contributed by atoms with Gasteiger partial charge in [0.2, 0.25) is 0 Å². The summed E-state index contributed by atoms with van der Waals surface area (Å²) in [6, 6.07) is 19.0. The topological polar surface area (TPSA) is 51.5 Å². The lowest BCUT2D eigenvalue weighted by Crippen LogP contribution is -2.55. The first-order valence-corrected chi connectivity index (χ1v) is 11.4. The van der Waals surface area contributed by atoms with Gasteiger partial charge < -0.3 is 9.30 Å². The summed E-state index contributed by atoms with van der Waals surface area (Å²) in [5.41, 5.74) is 2.16. The van der Waals surface area contributed by atoms with Gasteiger partial charge in [-0.25, -0.2) is 4.79 Å². The van der Waals surface area contributed by atoms with Crippen LogP contribution < -0.4 is 5.56 Å². The summed E-state index contributed by atoms with van der Waals surface area (Å²) in [7, 11) is 1.75. The lowest BCUT2D eigenvalue weighted by molar-refractivity contribution is -0.0652. The smallest absolute Gasteiger partial charge is 0.411 e. The lowest BCUT2D eigenvalue weighted by atomic mass is 9.83. The summed E-state index contributed by atoms with van der Waals surface area (Å²) >= 11 is 0. The fraction of sp³-hybridized carbons (Fsp3) is 0.310. The third kappa shape index (κ3) is 4.49. The minimum Gasteiger partial charge on any atom is -0.437 e. The van der Waals surface area contributed by atoms with Crippen LogP contribution in [0.1, 0.15) is 44.7 Å². The second-order valence-electron chi connectivity index (χ2n) is 9.58.